The Morgan fingerprint density at radius 3 is 2.78 bits per heavy atom. The molecule has 1 aromatic carbocycles. The normalized spacial score (nSPS) is 15.4. The summed E-state index contributed by atoms with van der Waals surface area (Å²) in [4.78, 5) is 22.9. The van der Waals surface area contributed by atoms with Crippen LogP contribution in [0.2, 0.25) is 5.02 Å². The minimum atomic E-state index is -2.76. The smallest absolute Gasteiger partial charge is 0.281 e. The molecule has 1 saturated heterocycles. The topological polar surface area (TPSA) is 91.1 Å². The molecule has 1 fully saturated rings. The number of carbonyl (C=O) groups is 1. The number of carbonyl (C=O) groups excluding carboxylic acids is 1. The molecule has 0 bridgehead atoms. The van der Waals surface area contributed by atoms with Crippen molar-refractivity contribution in [3.8, 4) is 11.8 Å². The Kier molecular flexibility index (Phi) is 8.97. The van der Waals surface area contributed by atoms with Crippen molar-refractivity contribution in [1.29, 1.82) is 5.26 Å². The number of likely N-dealkylation sites (tertiary alicyclic amines) is 1. The van der Waals surface area contributed by atoms with Crippen LogP contribution in [0, 0.1) is 23.1 Å². The number of nitrogens with zero attached hydrogens (tertiary/aromatic N) is 4. The monoisotopic (exact) mass is 549 g/mol. The third-order valence-electron chi connectivity index (χ3n) is 6.20. The predicted octanol–water partition coefficient (Wildman–Crippen LogP) is 5.40. The van der Waals surface area contributed by atoms with Gasteiger partial charge in [0.25, 0.3) is 12.3 Å². The third kappa shape index (κ3) is 6.57. The molecule has 12 heteroatoms. The molecule has 3 heterocycles. The number of nitriles is 1. The number of aromatic nitrogens is 2. The summed E-state index contributed by atoms with van der Waals surface area (Å²) >= 11 is 7.12. The summed E-state index contributed by atoms with van der Waals surface area (Å²) in [5, 5.41) is 11.6. The fourth-order valence-electron chi connectivity index (χ4n) is 4.26. The van der Waals surface area contributed by atoms with Crippen LogP contribution < -0.4 is 10.1 Å². The van der Waals surface area contributed by atoms with Gasteiger partial charge in [0.05, 0.1) is 33.6 Å². The molecule has 1 amide bonds. The van der Waals surface area contributed by atoms with E-state index in [9.17, 15) is 18.0 Å². The maximum atomic E-state index is 14.2. The Hall–Kier alpha value is -3.20. The molecule has 1 unspecified atom stereocenters. The molecular weight excluding hydrogens is 527 g/mol. The molecule has 1 atom stereocenters. The van der Waals surface area contributed by atoms with Crippen LogP contribution >= 0.6 is 22.9 Å². The highest BCUT2D eigenvalue weighted by molar-refractivity contribution is 7.09. The standard InChI is InChI=1S/C25H23ClF3N5O2S/c26-18-2-1-3-19(27)21(18)25(35)32-12-20(23-22(24(28)29)33-14-37-23)34-8-5-15(6-9-34)13-36-17-4-7-31-16(10-17)11-30/h1-4,7,10,14-15,20,24H,5-6,8-9,12-13H2,(H,32,35). The number of pyridine rings is 1. The molecule has 1 aliphatic heterocycles. The van der Waals surface area contributed by atoms with Crippen LogP contribution in [0.15, 0.2) is 42.0 Å². The van der Waals surface area contributed by atoms with E-state index in [0.29, 0.717) is 30.3 Å². The quantitative estimate of drug-likeness (QED) is 0.384. The van der Waals surface area contributed by atoms with Gasteiger partial charge in [0.15, 0.2) is 0 Å². The van der Waals surface area contributed by atoms with Crippen LogP contribution in [0.4, 0.5) is 13.2 Å². The van der Waals surface area contributed by atoms with Gasteiger partial charge in [-0.25, -0.2) is 23.1 Å². The molecule has 1 aliphatic rings. The Balaban J connectivity index is 1.43. The predicted molar refractivity (Wildman–Crippen MR) is 132 cm³/mol. The molecule has 3 aromatic rings. The average Bonchev–Trinajstić information content (AvgIpc) is 3.38. The molecule has 2 aromatic heterocycles. The fraction of sp³-hybridized carbons (Fsp3) is 0.360. The minimum Gasteiger partial charge on any atom is -0.493 e. The first-order valence-electron chi connectivity index (χ1n) is 11.5. The van der Waals surface area contributed by atoms with E-state index in [1.807, 2.05) is 11.0 Å². The van der Waals surface area contributed by atoms with Crippen molar-refractivity contribution in [1.82, 2.24) is 20.2 Å². The Labute approximate surface area is 220 Å². The molecular formula is C25H23ClF3N5O2S. The van der Waals surface area contributed by atoms with Crippen LogP contribution in [0.25, 0.3) is 0 Å². The highest BCUT2D eigenvalue weighted by Crippen LogP contribution is 2.35. The number of alkyl halides is 2. The highest BCUT2D eigenvalue weighted by atomic mass is 35.5. The summed E-state index contributed by atoms with van der Waals surface area (Å²) in [6.07, 6.45) is 0.232. The number of benzene rings is 1. The van der Waals surface area contributed by atoms with Crippen molar-refractivity contribution in [3.63, 3.8) is 0 Å². The van der Waals surface area contributed by atoms with Gasteiger partial charge in [-0.1, -0.05) is 17.7 Å². The van der Waals surface area contributed by atoms with Gasteiger partial charge >= 0.3 is 0 Å². The van der Waals surface area contributed by atoms with E-state index in [2.05, 4.69) is 15.3 Å². The maximum Gasteiger partial charge on any atom is 0.281 e. The van der Waals surface area contributed by atoms with E-state index >= 15 is 0 Å². The van der Waals surface area contributed by atoms with Gasteiger partial charge in [0.2, 0.25) is 0 Å². The SMILES string of the molecule is N#Cc1cc(OCC2CCN(C(CNC(=O)c3c(F)cccc3Cl)c3scnc3C(F)F)CC2)ccn1. The lowest BCUT2D eigenvalue weighted by atomic mass is 9.96. The first-order chi connectivity index (χ1) is 17.9. The van der Waals surface area contributed by atoms with E-state index in [0.717, 1.165) is 30.2 Å². The summed E-state index contributed by atoms with van der Waals surface area (Å²) in [7, 11) is 0. The summed E-state index contributed by atoms with van der Waals surface area (Å²) in [5.74, 6) is -0.691. The van der Waals surface area contributed by atoms with Crippen molar-refractivity contribution >= 4 is 28.8 Å². The largest absolute Gasteiger partial charge is 0.493 e. The molecule has 4 rings (SSSR count). The number of rotatable bonds is 9. The van der Waals surface area contributed by atoms with Crippen molar-refractivity contribution in [2.45, 2.75) is 25.3 Å². The lowest BCUT2D eigenvalue weighted by molar-refractivity contribution is 0.0870. The summed E-state index contributed by atoms with van der Waals surface area (Å²) in [6.45, 7) is 1.59. The lowest BCUT2D eigenvalue weighted by Crippen LogP contribution is -2.43. The van der Waals surface area contributed by atoms with E-state index in [1.54, 1.807) is 12.1 Å². The Morgan fingerprint density at radius 2 is 2.08 bits per heavy atom. The van der Waals surface area contributed by atoms with Crippen LogP contribution in [-0.2, 0) is 0 Å². The van der Waals surface area contributed by atoms with Gasteiger partial charge in [-0.05, 0) is 50.0 Å². The summed E-state index contributed by atoms with van der Waals surface area (Å²) in [6, 6.07) is 8.61. The molecule has 0 aliphatic carbocycles. The number of ether oxygens (including phenoxy) is 1. The number of halogens is 4. The Morgan fingerprint density at radius 1 is 1.30 bits per heavy atom. The molecule has 0 radical (unpaired) electrons. The second kappa shape index (κ2) is 12.4. The van der Waals surface area contributed by atoms with Gasteiger partial charge in [-0.2, -0.15) is 5.26 Å². The number of hydrogen-bond donors (Lipinski definition) is 1. The average molecular weight is 550 g/mol. The van der Waals surface area contributed by atoms with Crippen LogP contribution in [0.1, 0.15) is 51.9 Å². The van der Waals surface area contributed by atoms with Crippen molar-refractivity contribution < 1.29 is 22.7 Å². The zero-order chi connectivity index (χ0) is 26.4. The van der Waals surface area contributed by atoms with Gasteiger partial charge < -0.3 is 10.1 Å². The van der Waals surface area contributed by atoms with Crippen LogP contribution in [0.5, 0.6) is 5.75 Å². The maximum absolute atomic E-state index is 14.2. The van der Waals surface area contributed by atoms with E-state index in [1.165, 1.54) is 23.8 Å². The lowest BCUT2D eigenvalue weighted by Gasteiger charge is -2.37. The number of hydrogen-bond acceptors (Lipinski definition) is 7. The molecule has 1 N–H and O–H groups in total. The van der Waals surface area contributed by atoms with Crippen LogP contribution in [0.3, 0.4) is 0 Å². The zero-order valence-electron chi connectivity index (χ0n) is 19.5. The van der Waals surface area contributed by atoms with Gasteiger partial charge in [-0.3, -0.25) is 9.69 Å². The molecule has 0 spiro atoms. The second-order valence-electron chi connectivity index (χ2n) is 8.50. The highest BCUT2D eigenvalue weighted by Gasteiger charge is 2.32. The molecule has 7 nitrogen and oxygen atoms in total. The number of nitrogens with one attached hydrogen (secondary N) is 1. The minimum absolute atomic E-state index is 0.0134. The molecule has 37 heavy (non-hydrogen) atoms. The summed E-state index contributed by atoms with van der Waals surface area (Å²) < 4.78 is 47.4. The number of amides is 1. The number of thiazole rings is 1. The van der Waals surface area contributed by atoms with E-state index in [4.69, 9.17) is 21.6 Å². The second-order valence-corrected chi connectivity index (χ2v) is 9.80. The summed E-state index contributed by atoms with van der Waals surface area (Å²) in [5.41, 5.74) is 1.04. The fourth-order valence-corrected chi connectivity index (χ4v) is 5.45. The number of piperidine rings is 1. The van der Waals surface area contributed by atoms with E-state index in [-0.39, 0.29) is 34.4 Å². The van der Waals surface area contributed by atoms with Crippen LogP contribution in [-0.4, -0.2) is 47.0 Å². The van der Waals surface area contributed by atoms with Crippen molar-refractivity contribution in [2.24, 2.45) is 5.92 Å². The van der Waals surface area contributed by atoms with Gasteiger partial charge in [0, 0.05) is 18.8 Å². The van der Waals surface area contributed by atoms with Crippen molar-refractivity contribution in [3.05, 3.63) is 74.7 Å². The zero-order valence-corrected chi connectivity index (χ0v) is 21.1. The first kappa shape index (κ1) is 26.9. The van der Waals surface area contributed by atoms with E-state index < -0.39 is 24.2 Å². The van der Waals surface area contributed by atoms with Gasteiger partial charge in [-0.15, -0.1) is 11.3 Å². The third-order valence-corrected chi connectivity index (χ3v) is 7.46. The molecule has 0 saturated carbocycles. The first-order valence-corrected chi connectivity index (χ1v) is 12.8. The Bertz CT molecular complexity index is 1260. The van der Waals surface area contributed by atoms with Crippen molar-refractivity contribution in [2.75, 3.05) is 26.2 Å². The molecule has 194 valence electrons. The van der Waals surface area contributed by atoms with Gasteiger partial charge in [0.1, 0.15) is 29.0 Å².